The van der Waals surface area contributed by atoms with Crippen LogP contribution in [-0.2, 0) is 30.3 Å². The predicted octanol–water partition coefficient (Wildman–Crippen LogP) is 1.14. The molecule has 1 atom stereocenters. The Bertz CT molecular complexity index is 1230. The van der Waals surface area contributed by atoms with Crippen LogP contribution in [0.4, 0.5) is 10.6 Å². The third-order valence-electron chi connectivity index (χ3n) is 5.96. The molecule has 2 heterocycles. The number of nitrogen functional groups attached to an aromatic ring is 1. The van der Waals surface area contributed by atoms with E-state index in [0.29, 0.717) is 12.0 Å². The lowest BCUT2D eigenvalue weighted by Gasteiger charge is -2.22. The summed E-state index contributed by atoms with van der Waals surface area (Å²) >= 11 is 0. The number of aromatic nitrogens is 2. The first-order chi connectivity index (χ1) is 15.6. The van der Waals surface area contributed by atoms with Crippen LogP contribution in [0.15, 0.2) is 33.9 Å². The van der Waals surface area contributed by atoms with E-state index < -0.39 is 46.6 Å². The van der Waals surface area contributed by atoms with Gasteiger partial charge < -0.3 is 11.1 Å². The lowest BCUT2D eigenvalue weighted by atomic mass is 9.91. The number of rotatable bonds is 8. The molecule has 3 N–H and O–H groups in total. The van der Waals surface area contributed by atoms with E-state index in [2.05, 4.69) is 12.2 Å². The number of nitrogens with zero attached hydrogens (tertiary/aromatic N) is 3. The Hall–Kier alpha value is -3.69. The summed E-state index contributed by atoms with van der Waals surface area (Å²) in [6.45, 7) is 5.01. The van der Waals surface area contributed by atoms with Crippen molar-refractivity contribution in [2.24, 2.45) is 7.05 Å². The highest BCUT2D eigenvalue weighted by molar-refractivity contribution is 6.12. The van der Waals surface area contributed by atoms with E-state index in [0.717, 1.165) is 32.4 Å². The van der Waals surface area contributed by atoms with E-state index in [9.17, 15) is 24.0 Å². The van der Waals surface area contributed by atoms with E-state index >= 15 is 0 Å². The van der Waals surface area contributed by atoms with Crippen molar-refractivity contribution in [1.82, 2.24) is 19.4 Å². The zero-order valence-electron chi connectivity index (χ0n) is 19.3. The molecule has 0 bridgehead atoms. The monoisotopic (exact) mass is 455 g/mol. The van der Waals surface area contributed by atoms with Crippen LogP contribution in [0.5, 0.6) is 0 Å². The van der Waals surface area contributed by atoms with Gasteiger partial charge in [-0.05, 0) is 30.9 Å². The van der Waals surface area contributed by atoms with Gasteiger partial charge in [-0.2, -0.15) is 0 Å². The number of hydrogen-bond donors (Lipinski definition) is 2. The molecule has 0 radical (unpaired) electrons. The van der Waals surface area contributed by atoms with E-state index in [-0.39, 0.29) is 12.4 Å². The maximum atomic E-state index is 13.2. The van der Waals surface area contributed by atoms with Gasteiger partial charge in [-0.3, -0.25) is 28.4 Å². The molecule has 1 aliphatic heterocycles. The van der Waals surface area contributed by atoms with E-state index in [4.69, 9.17) is 5.73 Å². The fraction of sp³-hybridized carbons (Fsp3) is 0.435. The molecule has 176 valence electrons. The van der Waals surface area contributed by atoms with Crippen molar-refractivity contribution in [3.63, 3.8) is 0 Å². The van der Waals surface area contributed by atoms with Gasteiger partial charge in [0.05, 0.1) is 6.54 Å². The first-order valence-electron chi connectivity index (χ1n) is 10.9. The second-order valence-electron chi connectivity index (χ2n) is 8.38. The number of amides is 3. The number of anilines is 1. The predicted molar refractivity (Wildman–Crippen MR) is 123 cm³/mol. The molecule has 1 saturated heterocycles. The van der Waals surface area contributed by atoms with Gasteiger partial charge in [0.1, 0.15) is 16.9 Å². The molecular formula is C23H29N5O5. The maximum Gasteiger partial charge on any atom is 0.332 e. The SMILES string of the molecule is CCCc1ccc(C2(C)NC(=O)N(CC(=O)c3c(N)n(CCC)c(=O)n(C)c3=O)C2=O)cc1. The van der Waals surface area contributed by atoms with Crippen LogP contribution >= 0.6 is 0 Å². The van der Waals surface area contributed by atoms with Crippen molar-refractivity contribution < 1.29 is 14.4 Å². The zero-order chi connectivity index (χ0) is 24.5. The van der Waals surface area contributed by atoms with Crippen LogP contribution < -0.4 is 22.3 Å². The van der Waals surface area contributed by atoms with Gasteiger partial charge in [0.2, 0.25) is 0 Å². The number of carbonyl (C=O) groups excluding carboxylic acids is 3. The number of Topliss-reactive ketones (excluding diaryl/α,β-unsaturated/α-hetero) is 1. The molecular weight excluding hydrogens is 426 g/mol. The third-order valence-corrected chi connectivity index (χ3v) is 5.96. The van der Waals surface area contributed by atoms with Crippen molar-refractivity contribution in [2.75, 3.05) is 12.3 Å². The van der Waals surface area contributed by atoms with Crippen molar-refractivity contribution in [3.05, 3.63) is 61.8 Å². The highest BCUT2D eigenvalue weighted by Gasteiger charge is 2.49. The summed E-state index contributed by atoms with van der Waals surface area (Å²) in [6, 6.07) is 6.62. The summed E-state index contributed by atoms with van der Waals surface area (Å²) in [4.78, 5) is 64.6. The molecule has 1 fully saturated rings. The summed E-state index contributed by atoms with van der Waals surface area (Å²) in [6.07, 6.45) is 2.43. The summed E-state index contributed by atoms with van der Waals surface area (Å²) < 4.78 is 1.94. The summed E-state index contributed by atoms with van der Waals surface area (Å²) in [7, 11) is 1.25. The van der Waals surface area contributed by atoms with Crippen LogP contribution in [0.25, 0.3) is 0 Å². The van der Waals surface area contributed by atoms with Gasteiger partial charge in [0.15, 0.2) is 5.78 Å². The largest absolute Gasteiger partial charge is 0.384 e. The first kappa shape index (κ1) is 24.0. The minimum Gasteiger partial charge on any atom is -0.384 e. The lowest BCUT2D eigenvalue weighted by molar-refractivity contribution is -0.130. The summed E-state index contributed by atoms with van der Waals surface area (Å²) in [5.74, 6) is -1.69. The number of benzene rings is 1. The Morgan fingerprint density at radius 3 is 2.27 bits per heavy atom. The van der Waals surface area contributed by atoms with Crippen LogP contribution in [0.3, 0.4) is 0 Å². The Balaban J connectivity index is 1.92. The number of ketones is 1. The fourth-order valence-electron chi connectivity index (χ4n) is 4.04. The van der Waals surface area contributed by atoms with E-state index in [1.165, 1.54) is 7.05 Å². The van der Waals surface area contributed by atoms with Crippen LogP contribution in [0.2, 0.25) is 0 Å². The molecule has 1 unspecified atom stereocenters. The molecule has 0 aliphatic carbocycles. The first-order valence-corrected chi connectivity index (χ1v) is 10.9. The minimum absolute atomic E-state index is 0.217. The smallest absolute Gasteiger partial charge is 0.332 e. The lowest BCUT2D eigenvalue weighted by Crippen LogP contribution is -2.45. The second-order valence-corrected chi connectivity index (χ2v) is 8.38. The fourth-order valence-corrected chi connectivity index (χ4v) is 4.04. The number of hydrogen-bond acceptors (Lipinski definition) is 6. The number of nitrogens with two attached hydrogens (primary N) is 1. The summed E-state index contributed by atoms with van der Waals surface area (Å²) in [5, 5.41) is 2.65. The van der Waals surface area contributed by atoms with Crippen molar-refractivity contribution in [2.45, 2.75) is 52.1 Å². The van der Waals surface area contributed by atoms with Gasteiger partial charge >= 0.3 is 11.7 Å². The van der Waals surface area contributed by atoms with Crippen molar-refractivity contribution in [3.8, 4) is 0 Å². The van der Waals surface area contributed by atoms with Gasteiger partial charge in [-0.25, -0.2) is 9.59 Å². The average Bonchev–Trinajstić information content (AvgIpc) is 3.00. The molecule has 0 spiro atoms. The molecule has 1 aromatic heterocycles. The molecule has 3 rings (SSSR count). The van der Waals surface area contributed by atoms with E-state index in [1.807, 2.05) is 19.1 Å². The highest BCUT2D eigenvalue weighted by Crippen LogP contribution is 2.29. The third kappa shape index (κ3) is 4.08. The Kier molecular flexibility index (Phi) is 6.57. The topological polar surface area (TPSA) is 136 Å². The van der Waals surface area contributed by atoms with Gasteiger partial charge in [0, 0.05) is 13.6 Å². The quantitative estimate of drug-likeness (QED) is 0.452. The molecule has 0 saturated carbocycles. The van der Waals surface area contributed by atoms with E-state index in [1.54, 1.807) is 19.1 Å². The van der Waals surface area contributed by atoms with Crippen molar-refractivity contribution >= 4 is 23.5 Å². The Morgan fingerprint density at radius 1 is 1.06 bits per heavy atom. The van der Waals surface area contributed by atoms with Gasteiger partial charge in [-0.15, -0.1) is 0 Å². The molecule has 10 nitrogen and oxygen atoms in total. The van der Waals surface area contributed by atoms with Crippen LogP contribution in [-0.4, -0.2) is 38.3 Å². The molecule has 2 aromatic rings. The van der Waals surface area contributed by atoms with Gasteiger partial charge in [-0.1, -0.05) is 44.5 Å². The normalized spacial score (nSPS) is 18.0. The number of carbonyl (C=O) groups is 3. The molecule has 1 aromatic carbocycles. The molecule has 3 amide bonds. The Morgan fingerprint density at radius 2 is 1.70 bits per heavy atom. The zero-order valence-corrected chi connectivity index (χ0v) is 19.3. The molecule has 1 aliphatic rings. The van der Waals surface area contributed by atoms with Crippen LogP contribution in [0, 0.1) is 0 Å². The number of urea groups is 1. The standard InChI is InChI=1S/C23H29N5O5/c1-5-7-14-8-10-15(11-9-14)23(3)20(31)28(21(32)25-23)13-16(29)17-18(24)27(12-6-2)22(33)26(4)19(17)30/h8-11H,5-7,12-13,24H2,1-4H3,(H,25,32). The minimum atomic E-state index is -1.35. The van der Waals surface area contributed by atoms with Gasteiger partial charge in [0.25, 0.3) is 11.5 Å². The Labute approximate surface area is 191 Å². The average molecular weight is 456 g/mol. The van der Waals surface area contributed by atoms with Crippen LogP contribution in [0.1, 0.15) is 55.1 Å². The summed E-state index contributed by atoms with van der Waals surface area (Å²) in [5.41, 5.74) is 4.43. The highest BCUT2D eigenvalue weighted by atomic mass is 16.2. The maximum absolute atomic E-state index is 13.2. The second kappa shape index (κ2) is 9.05. The molecule has 33 heavy (non-hydrogen) atoms. The molecule has 10 heteroatoms. The van der Waals surface area contributed by atoms with Crippen molar-refractivity contribution in [1.29, 1.82) is 0 Å². The number of imide groups is 1. The number of aryl methyl sites for hydroxylation is 1. The number of nitrogens with one attached hydrogen (secondary N) is 1.